The van der Waals surface area contributed by atoms with Crippen LogP contribution in [-0.2, 0) is 4.79 Å². The minimum absolute atomic E-state index is 0.111. The summed E-state index contributed by atoms with van der Waals surface area (Å²) in [6, 6.07) is 0.622. The summed E-state index contributed by atoms with van der Waals surface area (Å²) in [7, 11) is 1.70. The Morgan fingerprint density at radius 2 is 1.94 bits per heavy atom. The van der Waals surface area contributed by atoms with Gasteiger partial charge in [0.2, 0.25) is 5.91 Å². The molecule has 1 fully saturated rings. The van der Waals surface area contributed by atoms with Crippen molar-refractivity contribution in [3.8, 4) is 0 Å². The molecule has 0 radical (unpaired) electrons. The van der Waals surface area contributed by atoms with Crippen LogP contribution in [0.3, 0.4) is 0 Å². The Labute approximate surface area is 99.4 Å². The molecule has 1 rings (SSSR count). The van der Waals surface area contributed by atoms with Crippen LogP contribution in [0.5, 0.6) is 0 Å². The molecule has 3 nitrogen and oxygen atoms in total. The summed E-state index contributed by atoms with van der Waals surface area (Å²) in [6.45, 7) is 9.31. The molecule has 0 spiro atoms. The number of amides is 1. The van der Waals surface area contributed by atoms with Crippen molar-refractivity contribution < 1.29 is 4.79 Å². The second-order valence-electron chi connectivity index (χ2n) is 6.02. The molecule has 3 heteroatoms. The van der Waals surface area contributed by atoms with E-state index in [4.69, 9.17) is 0 Å². The lowest BCUT2D eigenvalue weighted by Crippen LogP contribution is -2.49. The fraction of sp³-hybridized carbons (Fsp3) is 0.923. The number of nitrogens with one attached hydrogen (secondary N) is 2. The van der Waals surface area contributed by atoms with Gasteiger partial charge in [-0.05, 0) is 38.5 Å². The topological polar surface area (TPSA) is 41.1 Å². The quantitative estimate of drug-likeness (QED) is 0.750. The van der Waals surface area contributed by atoms with E-state index in [1.165, 1.54) is 12.8 Å². The van der Waals surface area contributed by atoms with Gasteiger partial charge in [0.1, 0.15) is 0 Å². The Morgan fingerprint density at radius 3 is 2.38 bits per heavy atom. The highest BCUT2D eigenvalue weighted by molar-refractivity contribution is 5.81. The Bertz CT molecular complexity index is 242. The van der Waals surface area contributed by atoms with Crippen molar-refractivity contribution in [2.45, 2.75) is 46.6 Å². The predicted molar refractivity (Wildman–Crippen MR) is 67.2 cm³/mol. The van der Waals surface area contributed by atoms with Crippen molar-refractivity contribution in [2.24, 2.45) is 17.3 Å². The molecular formula is C13H26N2O. The van der Waals surface area contributed by atoms with Gasteiger partial charge in [0.05, 0.1) is 5.41 Å². The molecule has 0 aromatic heterocycles. The summed E-state index contributed by atoms with van der Waals surface area (Å²) >= 11 is 0. The first kappa shape index (κ1) is 13.5. The monoisotopic (exact) mass is 226 g/mol. The van der Waals surface area contributed by atoms with Gasteiger partial charge < -0.3 is 10.6 Å². The van der Waals surface area contributed by atoms with Crippen LogP contribution in [0.2, 0.25) is 0 Å². The van der Waals surface area contributed by atoms with E-state index in [2.05, 4.69) is 24.5 Å². The SMILES string of the molecule is CNC(=O)C(C)(C)CNC1CC(C(C)C)C1. The molecule has 94 valence electrons. The second-order valence-corrected chi connectivity index (χ2v) is 6.02. The Balaban J connectivity index is 2.24. The van der Waals surface area contributed by atoms with Gasteiger partial charge in [0, 0.05) is 19.6 Å². The van der Waals surface area contributed by atoms with Gasteiger partial charge in [-0.3, -0.25) is 4.79 Å². The van der Waals surface area contributed by atoms with Crippen LogP contribution in [0.15, 0.2) is 0 Å². The number of carbonyl (C=O) groups excluding carboxylic acids is 1. The summed E-state index contributed by atoms with van der Waals surface area (Å²) in [6.07, 6.45) is 2.53. The van der Waals surface area contributed by atoms with Crippen LogP contribution < -0.4 is 10.6 Å². The van der Waals surface area contributed by atoms with Crippen LogP contribution in [0, 0.1) is 17.3 Å². The molecule has 1 aliphatic carbocycles. The standard InChI is InChI=1S/C13H26N2O/c1-9(2)10-6-11(7-10)15-8-13(3,4)12(16)14-5/h9-11,15H,6-8H2,1-5H3,(H,14,16). The Kier molecular flexibility index (Phi) is 4.36. The zero-order chi connectivity index (χ0) is 12.3. The largest absolute Gasteiger partial charge is 0.359 e. The highest BCUT2D eigenvalue weighted by Gasteiger charge is 2.33. The highest BCUT2D eigenvalue weighted by Crippen LogP contribution is 2.33. The van der Waals surface area contributed by atoms with E-state index in [0.717, 1.165) is 18.4 Å². The van der Waals surface area contributed by atoms with Gasteiger partial charge >= 0.3 is 0 Å². The summed E-state index contributed by atoms with van der Waals surface area (Å²) in [5, 5.41) is 6.21. The van der Waals surface area contributed by atoms with Crippen LogP contribution in [-0.4, -0.2) is 25.5 Å². The lowest BCUT2D eigenvalue weighted by atomic mass is 9.73. The molecule has 0 atom stereocenters. The maximum absolute atomic E-state index is 11.6. The first-order valence-electron chi connectivity index (χ1n) is 6.32. The molecule has 1 aliphatic rings. The van der Waals surface area contributed by atoms with Crippen molar-refractivity contribution in [1.82, 2.24) is 10.6 Å². The molecule has 0 saturated heterocycles. The maximum atomic E-state index is 11.6. The van der Waals surface area contributed by atoms with E-state index >= 15 is 0 Å². The van der Waals surface area contributed by atoms with Crippen molar-refractivity contribution in [1.29, 1.82) is 0 Å². The smallest absolute Gasteiger partial charge is 0.226 e. The third-order valence-electron chi connectivity index (χ3n) is 3.79. The fourth-order valence-corrected chi connectivity index (χ4v) is 2.19. The zero-order valence-corrected chi connectivity index (χ0v) is 11.3. The Morgan fingerprint density at radius 1 is 1.38 bits per heavy atom. The van der Waals surface area contributed by atoms with E-state index in [1.54, 1.807) is 7.05 Å². The number of hydrogen-bond donors (Lipinski definition) is 2. The van der Waals surface area contributed by atoms with Gasteiger partial charge in [-0.15, -0.1) is 0 Å². The minimum atomic E-state index is -0.308. The first-order chi connectivity index (χ1) is 7.36. The van der Waals surface area contributed by atoms with Crippen LogP contribution in [0.25, 0.3) is 0 Å². The summed E-state index contributed by atoms with van der Waals surface area (Å²) in [4.78, 5) is 11.6. The van der Waals surface area contributed by atoms with E-state index < -0.39 is 0 Å². The van der Waals surface area contributed by atoms with Crippen molar-refractivity contribution in [3.63, 3.8) is 0 Å². The molecule has 1 amide bonds. The summed E-state index contributed by atoms with van der Waals surface area (Å²) < 4.78 is 0. The van der Waals surface area contributed by atoms with E-state index in [-0.39, 0.29) is 11.3 Å². The third kappa shape index (κ3) is 3.21. The fourth-order valence-electron chi connectivity index (χ4n) is 2.19. The average molecular weight is 226 g/mol. The molecule has 2 N–H and O–H groups in total. The number of hydrogen-bond acceptors (Lipinski definition) is 2. The van der Waals surface area contributed by atoms with Gasteiger partial charge in [0.15, 0.2) is 0 Å². The molecule has 16 heavy (non-hydrogen) atoms. The van der Waals surface area contributed by atoms with Crippen LogP contribution >= 0.6 is 0 Å². The molecular weight excluding hydrogens is 200 g/mol. The summed E-state index contributed by atoms with van der Waals surface area (Å²) in [5.74, 6) is 1.78. The van der Waals surface area contributed by atoms with Crippen molar-refractivity contribution in [3.05, 3.63) is 0 Å². The molecule has 1 saturated carbocycles. The van der Waals surface area contributed by atoms with Gasteiger partial charge in [-0.2, -0.15) is 0 Å². The van der Waals surface area contributed by atoms with Crippen molar-refractivity contribution in [2.75, 3.05) is 13.6 Å². The average Bonchev–Trinajstić information content (AvgIpc) is 2.13. The third-order valence-corrected chi connectivity index (χ3v) is 3.79. The Hall–Kier alpha value is -0.570. The molecule has 0 bridgehead atoms. The van der Waals surface area contributed by atoms with Gasteiger partial charge in [-0.25, -0.2) is 0 Å². The van der Waals surface area contributed by atoms with E-state index in [9.17, 15) is 4.79 Å². The molecule has 0 heterocycles. The molecule has 0 unspecified atom stereocenters. The van der Waals surface area contributed by atoms with Crippen LogP contribution in [0.4, 0.5) is 0 Å². The molecule has 0 aliphatic heterocycles. The summed E-state index contributed by atoms with van der Waals surface area (Å²) in [5.41, 5.74) is -0.308. The van der Waals surface area contributed by atoms with E-state index in [1.807, 2.05) is 13.8 Å². The van der Waals surface area contributed by atoms with Crippen molar-refractivity contribution >= 4 is 5.91 Å². The molecule has 0 aromatic carbocycles. The van der Waals surface area contributed by atoms with Gasteiger partial charge in [0.25, 0.3) is 0 Å². The molecule has 0 aromatic rings. The normalized spacial score (nSPS) is 25.4. The van der Waals surface area contributed by atoms with E-state index in [0.29, 0.717) is 6.04 Å². The zero-order valence-electron chi connectivity index (χ0n) is 11.3. The minimum Gasteiger partial charge on any atom is -0.359 e. The number of carbonyl (C=O) groups is 1. The first-order valence-corrected chi connectivity index (χ1v) is 6.32. The van der Waals surface area contributed by atoms with Crippen LogP contribution in [0.1, 0.15) is 40.5 Å². The highest BCUT2D eigenvalue weighted by atomic mass is 16.2. The lowest BCUT2D eigenvalue weighted by Gasteiger charge is -2.40. The predicted octanol–water partition coefficient (Wildman–Crippen LogP) is 1.78. The second kappa shape index (κ2) is 5.17. The number of rotatable bonds is 5. The van der Waals surface area contributed by atoms with Gasteiger partial charge in [-0.1, -0.05) is 13.8 Å². The maximum Gasteiger partial charge on any atom is 0.226 e. The lowest BCUT2D eigenvalue weighted by molar-refractivity contribution is -0.128.